The SMILES string of the molecule is CCCCCCC=CCCCCCCCCC(C(=O)O)C(O)C[N+](C)(C)C. The number of carbonyl (C=O) groups is 1. The first-order valence-electron chi connectivity index (χ1n) is 11.1. The summed E-state index contributed by atoms with van der Waals surface area (Å²) < 4.78 is 0.581. The summed E-state index contributed by atoms with van der Waals surface area (Å²) in [6, 6.07) is 0. The third-order valence-corrected chi connectivity index (χ3v) is 5.04. The molecule has 27 heavy (non-hydrogen) atoms. The third kappa shape index (κ3) is 17.0. The molecule has 0 heterocycles. The highest BCUT2D eigenvalue weighted by atomic mass is 16.4. The number of aliphatic hydroxyl groups excluding tert-OH is 1. The zero-order valence-electron chi connectivity index (χ0n) is 18.5. The largest absolute Gasteiger partial charge is 0.481 e. The normalized spacial score (nSPS) is 14.6. The first-order valence-corrected chi connectivity index (χ1v) is 11.1. The highest BCUT2D eigenvalue weighted by Crippen LogP contribution is 2.18. The minimum absolute atomic E-state index is 0.475. The summed E-state index contributed by atoms with van der Waals surface area (Å²) in [5.41, 5.74) is 0. The number of allylic oxidation sites excluding steroid dienone is 2. The summed E-state index contributed by atoms with van der Waals surface area (Å²) in [5, 5.41) is 19.6. The van der Waals surface area contributed by atoms with Gasteiger partial charge in [-0.1, -0.05) is 70.4 Å². The molecule has 0 saturated carbocycles. The predicted octanol–water partition coefficient (Wildman–Crippen LogP) is 5.40. The van der Waals surface area contributed by atoms with Gasteiger partial charge in [-0.25, -0.2) is 0 Å². The summed E-state index contributed by atoms with van der Waals surface area (Å²) >= 11 is 0. The average molecular weight is 385 g/mol. The van der Waals surface area contributed by atoms with E-state index in [2.05, 4.69) is 19.1 Å². The van der Waals surface area contributed by atoms with Crippen LogP contribution in [0.25, 0.3) is 0 Å². The van der Waals surface area contributed by atoms with Crippen molar-refractivity contribution in [3.63, 3.8) is 0 Å². The maximum Gasteiger partial charge on any atom is 0.309 e. The van der Waals surface area contributed by atoms with Crippen molar-refractivity contribution in [2.75, 3.05) is 27.7 Å². The van der Waals surface area contributed by atoms with Crippen LogP contribution >= 0.6 is 0 Å². The fourth-order valence-corrected chi connectivity index (χ4v) is 3.43. The number of rotatable bonds is 18. The fraction of sp³-hybridized carbons (Fsp3) is 0.870. The van der Waals surface area contributed by atoms with Gasteiger partial charge in [0.1, 0.15) is 12.6 Å². The molecule has 0 aliphatic rings. The molecule has 2 N–H and O–H groups in total. The molecule has 2 unspecified atom stereocenters. The van der Waals surface area contributed by atoms with Crippen LogP contribution in [0.2, 0.25) is 0 Å². The lowest BCUT2D eigenvalue weighted by Crippen LogP contribution is -2.45. The Balaban J connectivity index is 3.66. The predicted molar refractivity (Wildman–Crippen MR) is 115 cm³/mol. The van der Waals surface area contributed by atoms with Crippen LogP contribution in [0.5, 0.6) is 0 Å². The van der Waals surface area contributed by atoms with E-state index in [0.717, 1.165) is 12.8 Å². The van der Waals surface area contributed by atoms with Gasteiger partial charge in [-0.3, -0.25) is 4.79 Å². The lowest BCUT2D eigenvalue weighted by atomic mass is 9.94. The molecule has 0 amide bonds. The second-order valence-electron chi connectivity index (χ2n) is 9.00. The maximum atomic E-state index is 11.4. The van der Waals surface area contributed by atoms with Crippen molar-refractivity contribution in [3.05, 3.63) is 12.2 Å². The smallest absolute Gasteiger partial charge is 0.309 e. The van der Waals surface area contributed by atoms with Crippen molar-refractivity contribution in [3.8, 4) is 0 Å². The Morgan fingerprint density at radius 3 is 1.81 bits per heavy atom. The molecule has 4 heteroatoms. The second-order valence-corrected chi connectivity index (χ2v) is 9.00. The van der Waals surface area contributed by atoms with Crippen LogP contribution in [-0.4, -0.2) is 54.5 Å². The van der Waals surface area contributed by atoms with E-state index in [0.29, 0.717) is 17.4 Å². The minimum atomic E-state index is -0.863. The van der Waals surface area contributed by atoms with E-state index in [1.807, 2.05) is 21.1 Å². The zero-order valence-corrected chi connectivity index (χ0v) is 18.5. The van der Waals surface area contributed by atoms with Crippen molar-refractivity contribution in [2.24, 2.45) is 5.92 Å². The van der Waals surface area contributed by atoms with Gasteiger partial charge in [0.05, 0.1) is 27.1 Å². The fourth-order valence-electron chi connectivity index (χ4n) is 3.43. The van der Waals surface area contributed by atoms with Crippen molar-refractivity contribution in [2.45, 2.75) is 96.5 Å². The Labute approximate surface area is 168 Å². The van der Waals surface area contributed by atoms with E-state index >= 15 is 0 Å². The third-order valence-electron chi connectivity index (χ3n) is 5.04. The molecule has 0 spiro atoms. The van der Waals surface area contributed by atoms with Gasteiger partial charge in [-0.2, -0.15) is 0 Å². The van der Waals surface area contributed by atoms with Gasteiger partial charge in [0, 0.05) is 0 Å². The summed E-state index contributed by atoms with van der Waals surface area (Å²) in [7, 11) is 5.93. The van der Waals surface area contributed by atoms with Crippen LogP contribution < -0.4 is 0 Å². The van der Waals surface area contributed by atoms with Crippen LogP contribution in [-0.2, 0) is 4.79 Å². The number of unbranched alkanes of at least 4 members (excludes halogenated alkanes) is 10. The number of carboxylic acids is 1. The number of nitrogens with zero attached hydrogens (tertiary/aromatic N) is 1. The summed E-state index contributed by atoms with van der Waals surface area (Å²) in [5.74, 6) is -1.50. The van der Waals surface area contributed by atoms with Crippen LogP contribution in [0.15, 0.2) is 12.2 Å². The molecule has 0 aromatic rings. The Kier molecular flexibility index (Phi) is 15.6. The minimum Gasteiger partial charge on any atom is -0.481 e. The molecule has 0 aliphatic heterocycles. The van der Waals surface area contributed by atoms with Crippen molar-refractivity contribution in [1.29, 1.82) is 0 Å². The van der Waals surface area contributed by atoms with E-state index in [1.165, 1.54) is 64.2 Å². The van der Waals surface area contributed by atoms with E-state index < -0.39 is 18.0 Å². The Morgan fingerprint density at radius 2 is 1.33 bits per heavy atom. The van der Waals surface area contributed by atoms with Crippen molar-refractivity contribution >= 4 is 5.97 Å². The molecule has 0 rings (SSSR count). The quantitative estimate of drug-likeness (QED) is 0.189. The lowest BCUT2D eigenvalue weighted by molar-refractivity contribution is -0.874. The van der Waals surface area contributed by atoms with Gasteiger partial charge in [0.25, 0.3) is 0 Å². The van der Waals surface area contributed by atoms with Gasteiger partial charge in [-0.15, -0.1) is 0 Å². The Hall–Kier alpha value is -0.870. The number of quaternary nitrogens is 1. The number of likely N-dealkylation sites (N-methyl/N-ethyl adjacent to an activating group) is 1. The summed E-state index contributed by atoms with van der Waals surface area (Å²) in [6.07, 6.45) is 19.1. The van der Waals surface area contributed by atoms with E-state index in [4.69, 9.17) is 0 Å². The van der Waals surface area contributed by atoms with Crippen LogP contribution in [0.1, 0.15) is 90.4 Å². The molecule has 4 nitrogen and oxygen atoms in total. The topological polar surface area (TPSA) is 57.5 Å². The van der Waals surface area contributed by atoms with Crippen molar-refractivity contribution < 1.29 is 19.5 Å². The molecule has 0 saturated heterocycles. The Bertz CT molecular complexity index is 388. The Morgan fingerprint density at radius 1 is 0.852 bits per heavy atom. The van der Waals surface area contributed by atoms with Gasteiger partial charge < -0.3 is 14.7 Å². The summed E-state index contributed by atoms with van der Waals surface area (Å²) in [4.78, 5) is 11.4. The molecular weight excluding hydrogens is 338 g/mol. The van der Waals surface area contributed by atoms with E-state index in [9.17, 15) is 15.0 Å². The first-order chi connectivity index (χ1) is 12.8. The highest BCUT2D eigenvalue weighted by Gasteiger charge is 2.30. The van der Waals surface area contributed by atoms with E-state index in [1.54, 1.807) is 0 Å². The maximum absolute atomic E-state index is 11.4. The molecule has 0 bridgehead atoms. The van der Waals surface area contributed by atoms with Crippen LogP contribution in [0, 0.1) is 5.92 Å². The average Bonchev–Trinajstić information content (AvgIpc) is 2.56. The van der Waals surface area contributed by atoms with E-state index in [-0.39, 0.29) is 0 Å². The van der Waals surface area contributed by atoms with Crippen LogP contribution in [0.4, 0.5) is 0 Å². The van der Waals surface area contributed by atoms with Crippen LogP contribution in [0.3, 0.4) is 0 Å². The molecule has 0 aromatic carbocycles. The zero-order chi connectivity index (χ0) is 20.5. The molecule has 2 atom stereocenters. The molecule has 160 valence electrons. The number of aliphatic carboxylic acids is 1. The van der Waals surface area contributed by atoms with Gasteiger partial charge in [0.15, 0.2) is 0 Å². The molecule has 0 radical (unpaired) electrons. The van der Waals surface area contributed by atoms with Crippen molar-refractivity contribution in [1.82, 2.24) is 0 Å². The number of carboxylic acid groups (broad SMARTS) is 1. The standard InChI is InChI=1S/C23H45NO3/c1-5-6-7-8-9-10-11-12-13-14-15-16-17-18-19-21(23(26)27)22(25)20-24(2,3)4/h10-11,21-22,25H,5-9,12-20H2,1-4H3/p+1. The van der Waals surface area contributed by atoms with Gasteiger partial charge in [-0.05, 0) is 32.1 Å². The first kappa shape index (κ1) is 26.1. The summed E-state index contributed by atoms with van der Waals surface area (Å²) in [6.45, 7) is 2.72. The molecule has 0 fully saturated rings. The van der Waals surface area contributed by atoms with Gasteiger partial charge in [0.2, 0.25) is 0 Å². The number of hydrogen-bond acceptors (Lipinski definition) is 2. The van der Waals surface area contributed by atoms with Gasteiger partial charge >= 0.3 is 5.97 Å². The monoisotopic (exact) mass is 384 g/mol. The molecule has 0 aliphatic carbocycles. The number of hydrogen-bond donors (Lipinski definition) is 2. The number of aliphatic hydroxyl groups is 1. The molecular formula is C23H46NO3+. The molecule has 0 aromatic heterocycles. The highest BCUT2D eigenvalue weighted by molar-refractivity contribution is 5.70. The second kappa shape index (κ2) is 16.1. The lowest BCUT2D eigenvalue weighted by Gasteiger charge is -2.29.